The first-order valence-electron chi connectivity index (χ1n) is 8.75. The highest BCUT2D eigenvalue weighted by molar-refractivity contribution is 7.99. The smallest absolute Gasteiger partial charge is 0.264 e. The summed E-state index contributed by atoms with van der Waals surface area (Å²) >= 11 is 1.52. The van der Waals surface area contributed by atoms with Crippen LogP contribution >= 0.6 is 11.8 Å². The number of nitrogens with one attached hydrogen (secondary N) is 2. The van der Waals surface area contributed by atoms with Crippen molar-refractivity contribution in [2.75, 3.05) is 15.8 Å². The van der Waals surface area contributed by atoms with Crippen molar-refractivity contribution in [3.05, 3.63) is 78.1 Å². The lowest BCUT2D eigenvalue weighted by Gasteiger charge is -2.08. The molecule has 0 aliphatic rings. The molecule has 1 amide bonds. The highest BCUT2D eigenvalue weighted by Gasteiger charge is 2.15. The number of carbonyl (C=O) groups excluding carboxylic acids is 1. The van der Waals surface area contributed by atoms with Crippen LogP contribution in [0.3, 0.4) is 0 Å². The molecule has 0 aliphatic heterocycles. The molecule has 0 aliphatic carbocycles. The van der Waals surface area contributed by atoms with Gasteiger partial charge in [0.2, 0.25) is 11.9 Å². The quantitative estimate of drug-likeness (QED) is 0.570. The van der Waals surface area contributed by atoms with Crippen LogP contribution in [0.5, 0.6) is 0 Å². The van der Waals surface area contributed by atoms with Gasteiger partial charge in [-0.25, -0.2) is 23.1 Å². The minimum absolute atomic E-state index is 0.00418. The standard InChI is InChI=1S/C20H20N4O3S2/c1-15-3-5-16(6-4-15)13-28-14-19(25)23-17-7-9-18(10-8-17)29(26,27)24-20-21-11-2-12-22-20/h2-12H,13-14H2,1H3,(H,23,25)(H,21,22,24). The van der Waals surface area contributed by atoms with E-state index in [0.717, 1.165) is 11.3 Å². The van der Waals surface area contributed by atoms with Crippen molar-refractivity contribution in [2.24, 2.45) is 0 Å². The Morgan fingerprint density at radius 3 is 2.31 bits per heavy atom. The van der Waals surface area contributed by atoms with E-state index in [-0.39, 0.29) is 16.8 Å². The molecule has 2 N–H and O–H groups in total. The molecular formula is C20H20N4O3S2. The van der Waals surface area contributed by atoms with E-state index in [9.17, 15) is 13.2 Å². The zero-order valence-corrected chi connectivity index (χ0v) is 17.3. The number of benzene rings is 2. The van der Waals surface area contributed by atoms with E-state index >= 15 is 0 Å². The summed E-state index contributed by atoms with van der Waals surface area (Å²) < 4.78 is 27.0. The summed E-state index contributed by atoms with van der Waals surface area (Å²) in [7, 11) is -3.80. The zero-order chi connectivity index (χ0) is 20.7. The fourth-order valence-electron chi connectivity index (χ4n) is 2.39. The maximum Gasteiger partial charge on any atom is 0.264 e. The van der Waals surface area contributed by atoms with Crippen LogP contribution in [0.25, 0.3) is 0 Å². The van der Waals surface area contributed by atoms with Gasteiger partial charge in [0.05, 0.1) is 10.6 Å². The van der Waals surface area contributed by atoms with Crippen LogP contribution in [-0.2, 0) is 20.6 Å². The number of rotatable bonds is 8. The molecule has 3 aromatic rings. The SMILES string of the molecule is Cc1ccc(CSCC(=O)Nc2ccc(S(=O)(=O)Nc3ncccn3)cc2)cc1. The lowest BCUT2D eigenvalue weighted by Crippen LogP contribution is -2.16. The van der Waals surface area contributed by atoms with Crippen LogP contribution < -0.4 is 10.0 Å². The molecule has 3 rings (SSSR count). The second-order valence-electron chi connectivity index (χ2n) is 6.23. The van der Waals surface area contributed by atoms with Gasteiger partial charge in [0.25, 0.3) is 10.0 Å². The number of hydrogen-bond acceptors (Lipinski definition) is 6. The van der Waals surface area contributed by atoms with Crippen LogP contribution in [-0.4, -0.2) is 30.0 Å². The van der Waals surface area contributed by atoms with E-state index in [4.69, 9.17) is 0 Å². The Kier molecular flexibility index (Phi) is 6.84. The number of nitrogens with zero attached hydrogens (tertiary/aromatic N) is 2. The molecule has 150 valence electrons. The van der Waals surface area contributed by atoms with E-state index in [1.54, 1.807) is 18.2 Å². The van der Waals surface area contributed by atoms with Crippen molar-refractivity contribution in [1.82, 2.24) is 9.97 Å². The van der Waals surface area contributed by atoms with Crippen LogP contribution in [0.2, 0.25) is 0 Å². The molecule has 2 aromatic carbocycles. The average Bonchev–Trinajstić information content (AvgIpc) is 2.70. The van der Waals surface area contributed by atoms with E-state index in [0.29, 0.717) is 11.4 Å². The van der Waals surface area contributed by atoms with Gasteiger partial charge < -0.3 is 5.32 Å². The fraction of sp³-hybridized carbons (Fsp3) is 0.150. The Balaban J connectivity index is 1.51. The fourth-order valence-corrected chi connectivity index (χ4v) is 4.14. The first-order chi connectivity index (χ1) is 13.9. The van der Waals surface area contributed by atoms with E-state index in [1.165, 1.54) is 41.9 Å². The Hall–Kier alpha value is -2.91. The molecule has 1 heterocycles. The van der Waals surface area contributed by atoms with Crippen molar-refractivity contribution in [3.8, 4) is 0 Å². The number of aryl methyl sites for hydroxylation is 1. The van der Waals surface area contributed by atoms with Crippen LogP contribution in [0.4, 0.5) is 11.6 Å². The van der Waals surface area contributed by atoms with Gasteiger partial charge in [-0.05, 0) is 42.8 Å². The molecular weight excluding hydrogens is 408 g/mol. The summed E-state index contributed by atoms with van der Waals surface area (Å²) in [5.41, 5.74) is 2.90. The molecule has 0 atom stereocenters. The van der Waals surface area contributed by atoms with Gasteiger partial charge in [-0.2, -0.15) is 0 Å². The van der Waals surface area contributed by atoms with Gasteiger partial charge >= 0.3 is 0 Å². The van der Waals surface area contributed by atoms with Gasteiger partial charge in [-0.1, -0.05) is 29.8 Å². The Morgan fingerprint density at radius 2 is 1.66 bits per heavy atom. The summed E-state index contributed by atoms with van der Waals surface area (Å²) in [4.78, 5) is 19.8. The van der Waals surface area contributed by atoms with Crippen molar-refractivity contribution >= 4 is 39.3 Å². The predicted octanol–water partition coefficient (Wildman–Crippen LogP) is 3.46. The largest absolute Gasteiger partial charge is 0.325 e. The third kappa shape index (κ3) is 6.30. The number of sulfonamides is 1. The summed E-state index contributed by atoms with van der Waals surface area (Å²) in [5, 5.41) is 2.77. The average molecular weight is 429 g/mol. The topological polar surface area (TPSA) is 101 Å². The highest BCUT2D eigenvalue weighted by atomic mass is 32.2. The lowest BCUT2D eigenvalue weighted by atomic mass is 10.2. The minimum Gasteiger partial charge on any atom is -0.325 e. The molecule has 0 unspecified atom stereocenters. The monoisotopic (exact) mass is 428 g/mol. The number of amides is 1. The van der Waals surface area contributed by atoms with E-state index < -0.39 is 10.0 Å². The lowest BCUT2D eigenvalue weighted by molar-refractivity contribution is -0.113. The van der Waals surface area contributed by atoms with Gasteiger partial charge in [-0.15, -0.1) is 11.8 Å². The van der Waals surface area contributed by atoms with Crippen molar-refractivity contribution in [2.45, 2.75) is 17.6 Å². The summed E-state index contributed by atoms with van der Waals surface area (Å²) in [6, 6.07) is 15.7. The van der Waals surface area contributed by atoms with Crippen LogP contribution in [0.1, 0.15) is 11.1 Å². The molecule has 0 saturated carbocycles. The van der Waals surface area contributed by atoms with Crippen molar-refractivity contribution in [3.63, 3.8) is 0 Å². The molecule has 7 nitrogen and oxygen atoms in total. The van der Waals surface area contributed by atoms with Gasteiger partial charge in [0.15, 0.2) is 0 Å². The second kappa shape index (κ2) is 9.53. The Morgan fingerprint density at radius 1 is 1.00 bits per heavy atom. The molecule has 0 radical (unpaired) electrons. The first-order valence-corrected chi connectivity index (χ1v) is 11.4. The molecule has 29 heavy (non-hydrogen) atoms. The third-order valence-electron chi connectivity index (χ3n) is 3.86. The molecule has 0 fully saturated rings. The van der Waals surface area contributed by atoms with E-state index in [2.05, 4.69) is 20.0 Å². The molecule has 0 bridgehead atoms. The Bertz CT molecular complexity index is 1060. The number of carbonyl (C=O) groups is 1. The van der Waals surface area contributed by atoms with Crippen molar-refractivity contribution in [1.29, 1.82) is 0 Å². The minimum atomic E-state index is -3.80. The highest BCUT2D eigenvalue weighted by Crippen LogP contribution is 2.17. The number of thioether (sulfide) groups is 1. The number of hydrogen-bond donors (Lipinski definition) is 2. The number of aromatic nitrogens is 2. The Labute approximate surface area is 174 Å². The van der Waals surface area contributed by atoms with E-state index in [1.807, 2.05) is 31.2 Å². The summed E-state index contributed by atoms with van der Waals surface area (Å²) in [6.07, 6.45) is 2.89. The predicted molar refractivity (Wildman–Crippen MR) is 115 cm³/mol. The summed E-state index contributed by atoms with van der Waals surface area (Å²) in [5.74, 6) is 0.905. The van der Waals surface area contributed by atoms with Gasteiger partial charge in [0, 0.05) is 23.8 Å². The number of anilines is 2. The van der Waals surface area contributed by atoms with Gasteiger partial charge in [0.1, 0.15) is 0 Å². The summed E-state index contributed by atoms with van der Waals surface area (Å²) in [6.45, 7) is 2.03. The maximum atomic E-state index is 12.4. The molecule has 0 spiro atoms. The van der Waals surface area contributed by atoms with Gasteiger partial charge in [-0.3, -0.25) is 4.79 Å². The maximum absolute atomic E-state index is 12.4. The normalized spacial score (nSPS) is 11.1. The molecule has 0 saturated heterocycles. The third-order valence-corrected chi connectivity index (χ3v) is 6.21. The van der Waals surface area contributed by atoms with Crippen LogP contribution in [0, 0.1) is 6.92 Å². The first kappa shape index (κ1) is 20.8. The zero-order valence-electron chi connectivity index (χ0n) is 15.7. The molecule has 9 heteroatoms. The van der Waals surface area contributed by atoms with Crippen LogP contribution in [0.15, 0.2) is 71.9 Å². The molecule has 1 aromatic heterocycles. The second-order valence-corrected chi connectivity index (χ2v) is 8.90. The van der Waals surface area contributed by atoms with Crippen molar-refractivity contribution < 1.29 is 13.2 Å².